The third kappa shape index (κ3) is 5.99. The van der Waals surface area contributed by atoms with Crippen LogP contribution < -0.4 is 29.4 Å². The topological polar surface area (TPSA) is 113 Å². The van der Waals surface area contributed by atoms with Gasteiger partial charge in [-0.15, -0.1) is 0 Å². The first-order chi connectivity index (χ1) is 21.7. The van der Waals surface area contributed by atoms with Crippen molar-refractivity contribution in [2.75, 3.05) is 68.3 Å². The number of rotatable bonds is 11. The highest BCUT2D eigenvalue weighted by molar-refractivity contribution is 5.96. The van der Waals surface area contributed by atoms with Gasteiger partial charge in [-0.2, -0.15) is 0 Å². The number of benzene rings is 3. The van der Waals surface area contributed by atoms with Crippen LogP contribution in [0.15, 0.2) is 60.7 Å². The molecule has 240 valence electrons. The lowest BCUT2D eigenvalue weighted by Crippen LogP contribution is -2.53. The molecule has 0 bridgehead atoms. The number of amides is 2. The molecule has 1 atom stereocenters. The number of nitrogens with two attached hydrogens (primary N) is 1. The van der Waals surface area contributed by atoms with Crippen LogP contribution in [0.1, 0.15) is 40.7 Å². The SMILES string of the molecule is COc1ccc(C2(CN3CCC(C(N)=O)(c4ccccc4)CC3)CCN(C(=O)c3cc(OC)c(OC)c(OC)c3)C2)cc1OC. The fourth-order valence-corrected chi connectivity index (χ4v) is 7.01. The summed E-state index contributed by atoms with van der Waals surface area (Å²) in [6, 6.07) is 19.2. The van der Waals surface area contributed by atoms with Gasteiger partial charge in [-0.1, -0.05) is 36.4 Å². The van der Waals surface area contributed by atoms with E-state index in [1.54, 1.807) is 26.4 Å². The van der Waals surface area contributed by atoms with Gasteiger partial charge in [0.25, 0.3) is 5.91 Å². The molecular formula is C35H43N3O7. The standard InChI is InChI=1S/C35H43N3O7/c1-41-27-12-11-26(21-28(27)42-2)34(22-37-16-14-35(15-17-37,33(36)40)25-9-7-6-8-10-25)13-18-38(23-34)32(39)24-19-29(43-3)31(45-5)30(20-24)44-4/h6-12,19-21H,13-18,22-23H2,1-5H3,(H2,36,40). The molecular weight excluding hydrogens is 574 g/mol. The molecule has 2 fully saturated rings. The Balaban J connectivity index is 1.45. The van der Waals surface area contributed by atoms with E-state index in [1.165, 1.54) is 21.3 Å². The van der Waals surface area contributed by atoms with Crippen molar-refractivity contribution in [3.05, 3.63) is 77.4 Å². The smallest absolute Gasteiger partial charge is 0.254 e. The number of hydrogen-bond acceptors (Lipinski definition) is 8. The summed E-state index contributed by atoms with van der Waals surface area (Å²) in [4.78, 5) is 31.1. The molecule has 10 heteroatoms. The number of methoxy groups -OCH3 is 5. The first-order valence-electron chi connectivity index (χ1n) is 15.1. The zero-order valence-corrected chi connectivity index (χ0v) is 26.8. The van der Waals surface area contributed by atoms with Crippen molar-refractivity contribution in [1.82, 2.24) is 9.80 Å². The molecule has 45 heavy (non-hydrogen) atoms. The highest BCUT2D eigenvalue weighted by atomic mass is 16.5. The maximum atomic E-state index is 14.0. The molecule has 2 saturated heterocycles. The lowest BCUT2D eigenvalue weighted by atomic mass is 9.71. The van der Waals surface area contributed by atoms with Crippen molar-refractivity contribution in [2.24, 2.45) is 5.73 Å². The third-order valence-electron chi connectivity index (χ3n) is 9.58. The van der Waals surface area contributed by atoms with E-state index >= 15 is 0 Å². The van der Waals surface area contributed by atoms with E-state index in [-0.39, 0.29) is 11.8 Å². The Hall–Kier alpha value is -4.44. The zero-order valence-electron chi connectivity index (χ0n) is 26.8. The number of likely N-dealkylation sites (tertiary alicyclic amines) is 2. The summed E-state index contributed by atoms with van der Waals surface area (Å²) in [6.45, 7) is 3.16. The lowest BCUT2D eigenvalue weighted by Gasteiger charge is -2.43. The van der Waals surface area contributed by atoms with E-state index in [2.05, 4.69) is 11.0 Å². The van der Waals surface area contributed by atoms with Crippen LogP contribution in [-0.2, 0) is 15.6 Å². The predicted octanol–water partition coefficient (Wildman–Crippen LogP) is 4.03. The van der Waals surface area contributed by atoms with Crippen molar-refractivity contribution in [3.8, 4) is 28.7 Å². The van der Waals surface area contributed by atoms with Crippen LogP contribution in [0.4, 0.5) is 0 Å². The number of piperidine rings is 1. The molecule has 1 unspecified atom stereocenters. The molecule has 2 amide bonds. The molecule has 0 aliphatic carbocycles. The van der Waals surface area contributed by atoms with Crippen molar-refractivity contribution >= 4 is 11.8 Å². The minimum Gasteiger partial charge on any atom is -0.493 e. The largest absolute Gasteiger partial charge is 0.493 e. The summed E-state index contributed by atoms with van der Waals surface area (Å²) in [5, 5.41) is 0. The summed E-state index contributed by atoms with van der Waals surface area (Å²) in [5.41, 5.74) is 7.43. The molecule has 2 aliphatic heterocycles. The summed E-state index contributed by atoms with van der Waals surface area (Å²) >= 11 is 0. The second-order valence-electron chi connectivity index (χ2n) is 11.8. The Bertz CT molecular complexity index is 1500. The molecule has 0 aromatic heterocycles. The molecule has 5 rings (SSSR count). The average Bonchev–Trinajstić information content (AvgIpc) is 3.52. The number of primary amides is 1. The molecule has 10 nitrogen and oxygen atoms in total. The third-order valence-corrected chi connectivity index (χ3v) is 9.58. The number of ether oxygens (including phenoxy) is 5. The van der Waals surface area contributed by atoms with Crippen LogP contribution in [0.5, 0.6) is 28.7 Å². The van der Waals surface area contributed by atoms with E-state index in [0.717, 1.165) is 17.5 Å². The van der Waals surface area contributed by atoms with Gasteiger partial charge in [0.15, 0.2) is 23.0 Å². The van der Waals surface area contributed by atoms with Crippen molar-refractivity contribution in [3.63, 3.8) is 0 Å². The summed E-state index contributed by atoms with van der Waals surface area (Å²) in [5.74, 6) is 2.17. The Labute approximate surface area is 264 Å². The number of hydrogen-bond donors (Lipinski definition) is 1. The maximum Gasteiger partial charge on any atom is 0.254 e. The molecule has 0 spiro atoms. The van der Waals surface area contributed by atoms with E-state index in [4.69, 9.17) is 29.4 Å². The Morgan fingerprint density at radius 2 is 1.33 bits per heavy atom. The quantitative estimate of drug-likeness (QED) is 0.343. The Morgan fingerprint density at radius 1 is 0.711 bits per heavy atom. The molecule has 0 saturated carbocycles. The van der Waals surface area contributed by atoms with Crippen LogP contribution in [-0.4, -0.2) is 89.9 Å². The van der Waals surface area contributed by atoms with Gasteiger partial charge in [-0.05, 0) is 67.7 Å². The van der Waals surface area contributed by atoms with Crippen LogP contribution in [0.2, 0.25) is 0 Å². The molecule has 3 aromatic rings. The predicted molar refractivity (Wildman–Crippen MR) is 171 cm³/mol. The van der Waals surface area contributed by atoms with Gasteiger partial charge in [0.05, 0.1) is 41.0 Å². The van der Waals surface area contributed by atoms with Crippen LogP contribution >= 0.6 is 0 Å². The first kappa shape index (κ1) is 32.0. The van der Waals surface area contributed by atoms with Gasteiger partial charge >= 0.3 is 0 Å². The van der Waals surface area contributed by atoms with Crippen LogP contribution in [0.3, 0.4) is 0 Å². The van der Waals surface area contributed by atoms with Crippen molar-refractivity contribution < 1.29 is 33.3 Å². The second kappa shape index (κ2) is 13.3. The summed E-state index contributed by atoms with van der Waals surface area (Å²) < 4.78 is 27.7. The monoisotopic (exact) mass is 617 g/mol. The van der Waals surface area contributed by atoms with Gasteiger partial charge in [0.2, 0.25) is 11.7 Å². The zero-order chi connectivity index (χ0) is 32.2. The Morgan fingerprint density at radius 3 is 1.89 bits per heavy atom. The minimum atomic E-state index is -0.696. The number of nitrogens with zero attached hydrogens (tertiary/aromatic N) is 2. The van der Waals surface area contributed by atoms with Gasteiger partial charge < -0.3 is 39.2 Å². The fraction of sp³-hybridized carbons (Fsp3) is 0.429. The highest BCUT2D eigenvalue weighted by Crippen LogP contribution is 2.43. The molecule has 2 heterocycles. The first-order valence-corrected chi connectivity index (χ1v) is 15.1. The number of carbonyl (C=O) groups excluding carboxylic acids is 2. The number of carbonyl (C=O) groups is 2. The maximum absolute atomic E-state index is 14.0. The second-order valence-corrected chi connectivity index (χ2v) is 11.8. The normalized spacial score (nSPS) is 19.5. The molecule has 2 N–H and O–H groups in total. The molecule has 2 aliphatic rings. The van der Waals surface area contributed by atoms with Gasteiger partial charge in [-0.25, -0.2) is 0 Å². The van der Waals surface area contributed by atoms with Gasteiger partial charge in [0.1, 0.15) is 0 Å². The van der Waals surface area contributed by atoms with Crippen molar-refractivity contribution in [2.45, 2.75) is 30.1 Å². The molecule has 0 radical (unpaired) electrons. The van der Waals surface area contributed by atoms with E-state index in [0.29, 0.717) is 79.9 Å². The highest BCUT2D eigenvalue weighted by Gasteiger charge is 2.46. The average molecular weight is 618 g/mol. The van der Waals surface area contributed by atoms with Crippen molar-refractivity contribution in [1.29, 1.82) is 0 Å². The van der Waals surface area contributed by atoms with Gasteiger partial charge in [-0.3, -0.25) is 9.59 Å². The Kier molecular flexibility index (Phi) is 9.43. The minimum absolute atomic E-state index is 0.118. The van der Waals surface area contributed by atoms with Crippen LogP contribution in [0, 0.1) is 0 Å². The lowest BCUT2D eigenvalue weighted by molar-refractivity contribution is -0.125. The van der Waals surface area contributed by atoms with E-state index in [1.807, 2.05) is 47.4 Å². The van der Waals surface area contributed by atoms with Crippen LogP contribution in [0.25, 0.3) is 0 Å². The molecule has 3 aromatic carbocycles. The van der Waals surface area contributed by atoms with E-state index < -0.39 is 10.8 Å². The fourth-order valence-electron chi connectivity index (χ4n) is 7.01. The summed E-state index contributed by atoms with van der Waals surface area (Å²) in [7, 11) is 7.85. The summed E-state index contributed by atoms with van der Waals surface area (Å²) in [6.07, 6.45) is 2.00. The van der Waals surface area contributed by atoms with E-state index in [9.17, 15) is 9.59 Å². The van der Waals surface area contributed by atoms with Gasteiger partial charge in [0, 0.05) is 30.6 Å².